The van der Waals surface area contributed by atoms with Gasteiger partial charge in [0.05, 0.1) is 22.0 Å². The van der Waals surface area contributed by atoms with Gasteiger partial charge in [-0.3, -0.25) is 9.59 Å². The molecule has 0 unspecified atom stereocenters. The molecule has 31 heavy (non-hydrogen) atoms. The van der Waals surface area contributed by atoms with Crippen LogP contribution in [0.15, 0.2) is 47.4 Å². The lowest BCUT2D eigenvalue weighted by molar-refractivity contribution is -0.137. The van der Waals surface area contributed by atoms with Gasteiger partial charge in [0, 0.05) is 32.4 Å². The van der Waals surface area contributed by atoms with Crippen LogP contribution in [0.4, 0.5) is 18.9 Å². The second kappa shape index (κ2) is 9.25. The van der Waals surface area contributed by atoms with Crippen LogP contribution in [0, 0.1) is 0 Å². The molecule has 0 fully saturated rings. The van der Waals surface area contributed by atoms with Crippen molar-refractivity contribution in [2.24, 2.45) is 0 Å². The topological polar surface area (TPSA) is 86.8 Å². The highest BCUT2D eigenvalue weighted by molar-refractivity contribution is 7.89. The van der Waals surface area contributed by atoms with Crippen LogP contribution in [-0.4, -0.2) is 57.1 Å². The SMILES string of the molecule is CN(C)C(=O)c1ccc(NC(=O)CN(C)S(=O)(=O)c2ccc(Cl)c(C(F)(F)F)c2)cc1. The van der Waals surface area contributed by atoms with Gasteiger partial charge in [0.15, 0.2) is 0 Å². The number of rotatable bonds is 6. The van der Waals surface area contributed by atoms with E-state index < -0.39 is 44.1 Å². The van der Waals surface area contributed by atoms with Crippen LogP contribution in [0.3, 0.4) is 0 Å². The van der Waals surface area contributed by atoms with Crippen molar-refractivity contribution in [2.45, 2.75) is 11.1 Å². The average molecular weight is 478 g/mol. The van der Waals surface area contributed by atoms with Crippen LogP contribution in [0.2, 0.25) is 5.02 Å². The molecule has 0 aliphatic carbocycles. The van der Waals surface area contributed by atoms with Gasteiger partial charge in [0.2, 0.25) is 15.9 Å². The Morgan fingerprint density at radius 3 is 2.13 bits per heavy atom. The first-order valence-electron chi connectivity index (χ1n) is 8.68. The van der Waals surface area contributed by atoms with E-state index in [0.717, 1.165) is 19.2 Å². The Morgan fingerprint density at radius 1 is 1.03 bits per heavy atom. The number of halogens is 4. The quantitative estimate of drug-likeness (QED) is 0.691. The summed E-state index contributed by atoms with van der Waals surface area (Å²) in [4.78, 5) is 24.8. The lowest BCUT2D eigenvalue weighted by atomic mass is 10.2. The molecule has 0 saturated heterocycles. The smallest absolute Gasteiger partial charge is 0.345 e. The Morgan fingerprint density at radius 2 is 1.61 bits per heavy atom. The first-order valence-corrected chi connectivity index (χ1v) is 10.5. The van der Waals surface area contributed by atoms with Crippen molar-refractivity contribution < 1.29 is 31.2 Å². The molecule has 0 aliphatic rings. The molecular formula is C19H19ClF3N3O4S. The van der Waals surface area contributed by atoms with Crippen LogP contribution in [0.5, 0.6) is 0 Å². The van der Waals surface area contributed by atoms with Crippen molar-refractivity contribution in [3.05, 3.63) is 58.6 Å². The number of carbonyl (C=O) groups is 2. The van der Waals surface area contributed by atoms with Crippen LogP contribution in [-0.2, 0) is 21.0 Å². The fourth-order valence-corrected chi connectivity index (χ4v) is 3.88. The van der Waals surface area contributed by atoms with E-state index in [0.29, 0.717) is 21.6 Å². The second-order valence-corrected chi connectivity index (χ2v) is 9.18. The number of alkyl halides is 3. The summed E-state index contributed by atoms with van der Waals surface area (Å²) in [7, 11) is -0.145. The molecule has 2 aromatic rings. The number of benzene rings is 2. The van der Waals surface area contributed by atoms with Gasteiger partial charge in [0.25, 0.3) is 5.91 Å². The first-order chi connectivity index (χ1) is 14.2. The maximum atomic E-state index is 13.0. The largest absolute Gasteiger partial charge is 0.417 e. The lowest BCUT2D eigenvalue weighted by Crippen LogP contribution is -2.35. The highest BCUT2D eigenvalue weighted by Gasteiger charge is 2.35. The molecular weight excluding hydrogens is 459 g/mol. The summed E-state index contributed by atoms with van der Waals surface area (Å²) in [6.07, 6.45) is -4.83. The molecule has 0 radical (unpaired) electrons. The van der Waals surface area contributed by atoms with E-state index in [4.69, 9.17) is 11.6 Å². The molecule has 7 nitrogen and oxygen atoms in total. The number of nitrogens with zero attached hydrogens (tertiary/aromatic N) is 2. The van der Waals surface area contributed by atoms with E-state index in [2.05, 4.69) is 5.32 Å². The summed E-state index contributed by atoms with van der Waals surface area (Å²) in [5.74, 6) is -0.951. The van der Waals surface area contributed by atoms with Gasteiger partial charge in [-0.2, -0.15) is 17.5 Å². The second-order valence-electron chi connectivity index (χ2n) is 6.73. The summed E-state index contributed by atoms with van der Waals surface area (Å²) < 4.78 is 64.8. The zero-order valence-corrected chi connectivity index (χ0v) is 18.3. The summed E-state index contributed by atoms with van der Waals surface area (Å²) in [5, 5.41) is 1.83. The number of hydrogen-bond acceptors (Lipinski definition) is 4. The summed E-state index contributed by atoms with van der Waals surface area (Å²) >= 11 is 5.52. The van der Waals surface area contributed by atoms with Gasteiger partial charge in [-0.25, -0.2) is 8.42 Å². The number of carbonyl (C=O) groups excluding carboxylic acids is 2. The molecule has 0 aliphatic heterocycles. The monoisotopic (exact) mass is 477 g/mol. The van der Waals surface area contributed by atoms with Gasteiger partial charge in [-0.05, 0) is 42.5 Å². The Labute approximate surface area is 182 Å². The molecule has 0 atom stereocenters. The van der Waals surface area contributed by atoms with Crippen molar-refractivity contribution >= 4 is 39.1 Å². The van der Waals surface area contributed by atoms with E-state index in [1.807, 2.05) is 0 Å². The highest BCUT2D eigenvalue weighted by Crippen LogP contribution is 2.36. The van der Waals surface area contributed by atoms with Crippen molar-refractivity contribution in [3.63, 3.8) is 0 Å². The number of hydrogen-bond donors (Lipinski definition) is 1. The fraction of sp³-hybridized carbons (Fsp3) is 0.263. The third-order valence-corrected chi connectivity index (χ3v) is 6.27. The van der Waals surface area contributed by atoms with E-state index >= 15 is 0 Å². The van der Waals surface area contributed by atoms with Crippen molar-refractivity contribution in [2.75, 3.05) is 33.0 Å². The zero-order chi connectivity index (χ0) is 23.6. The molecule has 0 bridgehead atoms. The van der Waals surface area contributed by atoms with E-state index in [1.54, 1.807) is 14.1 Å². The van der Waals surface area contributed by atoms with E-state index in [1.165, 1.54) is 29.2 Å². The van der Waals surface area contributed by atoms with Gasteiger partial charge < -0.3 is 10.2 Å². The summed E-state index contributed by atoms with van der Waals surface area (Å²) in [6.45, 7) is -0.648. The third kappa shape index (κ3) is 5.96. The molecule has 0 aromatic heterocycles. The van der Waals surface area contributed by atoms with Crippen LogP contribution < -0.4 is 5.32 Å². The highest BCUT2D eigenvalue weighted by atomic mass is 35.5. The number of sulfonamides is 1. The Hall–Kier alpha value is -2.63. The summed E-state index contributed by atoms with van der Waals surface area (Å²) in [6, 6.07) is 8.11. The summed E-state index contributed by atoms with van der Waals surface area (Å²) in [5.41, 5.74) is -0.580. The van der Waals surface area contributed by atoms with Crippen molar-refractivity contribution in [1.82, 2.24) is 9.21 Å². The third-order valence-electron chi connectivity index (χ3n) is 4.14. The number of nitrogens with one attached hydrogen (secondary N) is 1. The van der Waals surface area contributed by atoms with Crippen LogP contribution in [0.1, 0.15) is 15.9 Å². The van der Waals surface area contributed by atoms with Gasteiger partial charge in [-0.15, -0.1) is 0 Å². The van der Waals surface area contributed by atoms with Gasteiger partial charge in [-0.1, -0.05) is 11.6 Å². The normalized spacial score (nSPS) is 12.0. The molecule has 12 heteroatoms. The van der Waals surface area contributed by atoms with Crippen molar-refractivity contribution in [3.8, 4) is 0 Å². The van der Waals surface area contributed by atoms with Crippen LogP contribution in [0.25, 0.3) is 0 Å². The minimum atomic E-state index is -4.83. The maximum Gasteiger partial charge on any atom is 0.417 e. The molecule has 2 amide bonds. The minimum Gasteiger partial charge on any atom is -0.345 e. The van der Waals surface area contributed by atoms with Gasteiger partial charge in [0.1, 0.15) is 0 Å². The fourth-order valence-electron chi connectivity index (χ4n) is 2.50. The Kier molecular flexibility index (Phi) is 7.35. The molecule has 2 rings (SSSR count). The number of anilines is 1. The first kappa shape index (κ1) is 24.6. The number of amides is 2. The van der Waals surface area contributed by atoms with Crippen molar-refractivity contribution in [1.29, 1.82) is 0 Å². The molecule has 168 valence electrons. The standard InChI is InChI=1S/C19H19ClF3N3O4S/c1-25(2)18(28)12-4-6-13(7-5-12)24-17(27)11-26(3)31(29,30)14-8-9-16(20)15(10-14)19(21,22)23/h4-10H,11H2,1-3H3,(H,24,27). The van der Waals surface area contributed by atoms with E-state index in [-0.39, 0.29) is 5.91 Å². The Bertz CT molecular complexity index is 1090. The molecule has 2 aromatic carbocycles. The minimum absolute atomic E-state index is 0.232. The van der Waals surface area contributed by atoms with Gasteiger partial charge >= 0.3 is 6.18 Å². The predicted octanol–water partition coefficient (Wildman–Crippen LogP) is 3.32. The molecule has 0 saturated carbocycles. The average Bonchev–Trinajstić information content (AvgIpc) is 2.67. The molecule has 0 spiro atoms. The predicted molar refractivity (Wildman–Crippen MR) is 109 cm³/mol. The Balaban J connectivity index is 2.13. The van der Waals surface area contributed by atoms with Crippen LogP contribution >= 0.6 is 11.6 Å². The van der Waals surface area contributed by atoms with E-state index in [9.17, 15) is 31.2 Å². The zero-order valence-electron chi connectivity index (χ0n) is 16.7. The molecule has 0 heterocycles. The maximum absolute atomic E-state index is 13.0. The lowest BCUT2D eigenvalue weighted by Gasteiger charge is -2.18. The number of likely N-dealkylation sites (N-methyl/N-ethyl adjacent to an activating group) is 1. The molecule has 1 N–H and O–H groups in total.